The third-order valence-electron chi connectivity index (χ3n) is 3.43. The summed E-state index contributed by atoms with van der Waals surface area (Å²) in [4.78, 5) is 4.59. The smallest absolute Gasteiger partial charge is 0.0718 e. The lowest BCUT2D eigenvalue weighted by Crippen LogP contribution is -2.28. The molecule has 0 aromatic carbocycles. The van der Waals surface area contributed by atoms with Crippen molar-refractivity contribution in [1.82, 2.24) is 10.3 Å². The molecule has 0 radical (unpaired) electrons. The molecule has 1 heterocycles. The predicted molar refractivity (Wildman–Crippen MR) is 78.0 cm³/mol. The van der Waals surface area contributed by atoms with Crippen molar-refractivity contribution in [1.29, 1.82) is 0 Å². The Morgan fingerprint density at radius 1 is 1.41 bits per heavy atom. The van der Waals surface area contributed by atoms with Gasteiger partial charge in [0.15, 0.2) is 0 Å². The number of pyridine rings is 1. The third kappa shape index (κ3) is 3.30. The summed E-state index contributed by atoms with van der Waals surface area (Å²) >= 11 is 7.09. The average molecular weight is 362 g/mol. The van der Waals surface area contributed by atoms with Gasteiger partial charge in [0, 0.05) is 15.1 Å². The zero-order valence-electron chi connectivity index (χ0n) is 10.0. The molecular weight excluding hydrogens is 344 g/mol. The molecule has 0 spiro atoms. The summed E-state index contributed by atoms with van der Waals surface area (Å²) in [6.45, 7) is 3.15. The first-order valence-electron chi connectivity index (χ1n) is 6.26. The van der Waals surface area contributed by atoms with Crippen LogP contribution in [0, 0.1) is 5.92 Å². The molecule has 1 fully saturated rings. The van der Waals surface area contributed by atoms with E-state index in [4.69, 9.17) is 0 Å². The van der Waals surface area contributed by atoms with E-state index in [0.717, 1.165) is 27.1 Å². The van der Waals surface area contributed by atoms with Crippen LogP contribution < -0.4 is 5.32 Å². The van der Waals surface area contributed by atoms with E-state index in [-0.39, 0.29) is 0 Å². The van der Waals surface area contributed by atoms with Crippen molar-refractivity contribution in [3.05, 3.63) is 26.9 Å². The SMILES string of the molecule is CCNC(c1ncc(Br)cc1Br)C1CCCC1. The monoisotopic (exact) mass is 360 g/mol. The molecule has 0 amide bonds. The molecule has 1 aromatic rings. The van der Waals surface area contributed by atoms with Gasteiger partial charge in [0.25, 0.3) is 0 Å². The molecule has 1 N–H and O–H groups in total. The van der Waals surface area contributed by atoms with Crippen LogP contribution in [0.3, 0.4) is 0 Å². The predicted octanol–water partition coefficient (Wildman–Crippen LogP) is 4.45. The van der Waals surface area contributed by atoms with Crippen molar-refractivity contribution >= 4 is 31.9 Å². The van der Waals surface area contributed by atoms with Gasteiger partial charge in [-0.25, -0.2) is 0 Å². The maximum Gasteiger partial charge on any atom is 0.0718 e. The minimum Gasteiger partial charge on any atom is -0.309 e. The van der Waals surface area contributed by atoms with E-state index < -0.39 is 0 Å². The Morgan fingerprint density at radius 2 is 2.12 bits per heavy atom. The Kier molecular flexibility index (Phi) is 5.00. The molecule has 94 valence electrons. The molecular formula is C13H18Br2N2. The van der Waals surface area contributed by atoms with Crippen LogP contribution >= 0.6 is 31.9 Å². The Hall–Kier alpha value is 0.0700. The van der Waals surface area contributed by atoms with Crippen molar-refractivity contribution in [2.75, 3.05) is 6.54 Å². The van der Waals surface area contributed by atoms with Crippen molar-refractivity contribution in [2.45, 2.75) is 38.6 Å². The van der Waals surface area contributed by atoms with Gasteiger partial charge in [-0.1, -0.05) is 19.8 Å². The fourth-order valence-corrected chi connectivity index (χ4v) is 3.89. The van der Waals surface area contributed by atoms with Crippen LogP contribution in [0.5, 0.6) is 0 Å². The van der Waals surface area contributed by atoms with Gasteiger partial charge in [0.1, 0.15) is 0 Å². The first kappa shape index (κ1) is 13.5. The summed E-state index contributed by atoms with van der Waals surface area (Å²) in [5.41, 5.74) is 1.15. The molecule has 1 aliphatic carbocycles. The molecule has 4 heteroatoms. The molecule has 0 bridgehead atoms. The number of aromatic nitrogens is 1. The summed E-state index contributed by atoms with van der Waals surface area (Å²) in [7, 11) is 0. The quantitative estimate of drug-likeness (QED) is 0.856. The first-order valence-corrected chi connectivity index (χ1v) is 7.85. The lowest BCUT2D eigenvalue weighted by Gasteiger charge is -2.24. The fraction of sp³-hybridized carbons (Fsp3) is 0.615. The second-order valence-corrected chi connectivity index (χ2v) is 6.37. The fourth-order valence-electron chi connectivity index (χ4n) is 2.65. The lowest BCUT2D eigenvalue weighted by atomic mass is 9.95. The molecule has 1 saturated carbocycles. The second kappa shape index (κ2) is 6.30. The second-order valence-electron chi connectivity index (χ2n) is 4.60. The molecule has 0 aliphatic heterocycles. The van der Waals surface area contributed by atoms with Crippen LogP contribution in [0.4, 0.5) is 0 Å². The lowest BCUT2D eigenvalue weighted by molar-refractivity contribution is 0.366. The van der Waals surface area contributed by atoms with Crippen molar-refractivity contribution < 1.29 is 0 Å². The summed E-state index contributed by atoms with van der Waals surface area (Å²) < 4.78 is 2.12. The number of hydrogen-bond donors (Lipinski definition) is 1. The number of hydrogen-bond acceptors (Lipinski definition) is 2. The van der Waals surface area contributed by atoms with Crippen LogP contribution in [0.2, 0.25) is 0 Å². The minimum atomic E-state index is 0.393. The van der Waals surface area contributed by atoms with Crippen molar-refractivity contribution in [2.24, 2.45) is 5.92 Å². The number of rotatable bonds is 4. The van der Waals surface area contributed by atoms with Crippen LogP contribution in [-0.4, -0.2) is 11.5 Å². The Morgan fingerprint density at radius 3 is 2.71 bits per heavy atom. The van der Waals surface area contributed by atoms with Gasteiger partial charge >= 0.3 is 0 Å². The third-order valence-corrected chi connectivity index (χ3v) is 4.49. The van der Waals surface area contributed by atoms with Crippen molar-refractivity contribution in [3.63, 3.8) is 0 Å². The largest absolute Gasteiger partial charge is 0.309 e. The Labute approximate surface area is 120 Å². The summed E-state index contributed by atoms with van der Waals surface area (Å²) in [6, 6.07) is 2.48. The van der Waals surface area contributed by atoms with E-state index in [9.17, 15) is 0 Å². The maximum absolute atomic E-state index is 4.59. The van der Waals surface area contributed by atoms with Gasteiger partial charge in [-0.05, 0) is 63.2 Å². The van der Waals surface area contributed by atoms with Gasteiger partial charge in [0.05, 0.1) is 11.7 Å². The van der Waals surface area contributed by atoms with Gasteiger partial charge in [-0.2, -0.15) is 0 Å². The van der Waals surface area contributed by atoms with Crippen LogP contribution in [0.1, 0.15) is 44.3 Å². The highest BCUT2D eigenvalue weighted by Crippen LogP contribution is 2.37. The van der Waals surface area contributed by atoms with Gasteiger partial charge in [0.2, 0.25) is 0 Å². The van der Waals surface area contributed by atoms with Gasteiger partial charge in [-0.3, -0.25) is 4.98 Å². The molecule has 1 aromatic heterocycles. The highest BCUT2D eigenvalue weighted by atomic mass is 79.9. The van der Waals surface area contributed by atoms with Crippen LogP contribution in [0.25, 0.3) is 0 Å². The van der Waals surface area contributed by atoms with Gasteiger partial charge in [-0.15, -0.1) is 0 Å². The van der Waals surface area contributed by atoms with Crippen molar-refractivity contribution in [3.8, 4) is 0 Å². The normalized spacial score (nSPS) is 18.5. The molecule has 1 unspecified atom stereocenters. The summed E-state index contributed by atoms with van der Waals surface area (Å²) in [6.07, 6.45) is 7.25. The van der Waals surface area contributed by atoms with E-state index >= 15 is 0 Å². The van der Waals surface area contributed by atoms with Crippen LogP contribution in [0.15, 0.2) is 21.2 Å². The molecule has 2 rings (SSSR count). The van der Waals surface area contributed by atoms with E-state index in [1.165, 1.54) is 25.7 Å². The van der Waals surface area contributed by atoms with E-state index in [2.05, 4.69) is 55.2 Å². The molecule has 17 heavy (non-hydrogen) atoms. The zero-order chi connectivity index (χ0) is 12.3. The molecule has 1 atom stereocenters. The Bertz CT molecular complexity index is 376. The number of nitrogens with zero attached hydrogens (tertiary/aromatic N) is 1. The zero-order valence-corrected chi connectivity index (χ0v) is 13.2. The molecule has 0 saturated heterocycles. The van der Waals surface area contributed by atoms with E-state index in [1.54, 1.807) is 0 Å². The van der Waals surface area contributed by atoms with E-state index in [1.807, 2.05) is 6.20 Å². The topological polar surface area (TPSA) is 24.9 Å². The average Bonchev–Trinajstić information content (AvgIpc) is 2.80. The first-order chi connectivity index (χ1) is 8.22. The molecule has 1 aliphatic rings. The standard InChI is InChI=1S/C13H18Br2N2/c1-2-16-12(9-5-3-4-6-9)13-11(15)7-10(14)8-17-13/h7-9,12,16H,2-6H2,1H3. The highest BCUT2D eigenvalue weighted by Gasteiger charge is 2.27. The highest BCUT2D eigenvalue weighted by molar-refractivity contribution is 9.11. The summed E-state index contributed by atoms with van der Waals surface area (Å²) in [5, 5.41) is 3.59. The maximum atomic E-state index is 4.59. The Balaban J connectivity index is 2.24. The van der Waals surface area contributed by atoms with Crippen LogP contribution in [-0.2, 0) is 0 Å². The number of halogens is 2. The summed E-state index contributed by atoms with van der Waals surface area (Å²) in [5.74, 6) is 0.736. The van der Waals surface area contributed by atoms with Gasteiger partial charge < -0.3 is 5.32 Å². The number of nitrogens with one attached hydrogen (secondary N) is 1. The molecule has 2 nitrogen and oxygen atoms in total. The van der Waals surface area contributed by atoms with E-state index in [0.29, 0.717) is 6.04 Å². The minimum absolute atomic E-state index is 0.393.